The highest BCUT2D eigenvalue weighted by atomic mass is 35.5. The van der Waals surface area contributed by atoms with Crippen LogP contribution in [0.3, 0.4) is 0 Å². The first-order valence-electron chi connectivity index (χ1n) is 7.63. The van der Waals surface area contributed by atoms with E-state index in [-0.39, 0.29) is 24.2 Å². The average Bonchev–Trinajstić information content (AvgIpc) is 3.13. The number of thiophene rings is 1. The minimum absolute atomic E-state index is 0. The van der Waals surface area contributed by atoms with Gasteiger partial charge in [-0.3, -0.25) is 9.59 Å². The number of ether oxygens (including phenoxy) is 1. The van der Waals surface area contributed by atoms with Gasteiger partial charge in [0.15, 0.2) is 0 Å². The smallest absolute Gasteiger partial charge is 0.265 e. The van der Waals surface area contributed by atoms with Crippen LogP contribution in [0.1, 0.15) is 20.0 Å². The van der Waals surface area contributed by atoms with Crippen molar-refractivity contribution in [3.8, 4) is 0 Å². The van der Waals surface area contributed by atoms with Gasteiger partial charge in [0.2, 0.25) is 0 Å². The molecular weight excluding hydrogens is 362 g/mol. The Morgan fingerprint density at radius 3 is 2.44 bits per heavy atom. The molecule has 1 heterocycles. The van der Waals surface area contributed by atoms with E-state index in [0.29, 0.717) is 35.8 Å². The number of carbonyl (C=O) groups excluding carboxylic acids is 2. The Balaban J connectivity index is 0.00000312. The molecular formula is C17H22ClN3O3S. The van der Waals surface area contributed by atoms with Gasteiger partial charge in [0.1, 0.15) is 0 Å². The summed E-state index contributed by atoms with van der Waals surface area (Å²) in [5, 5.41) is 10.6. The van der Waals surface area contributed by atoms with Crippen LogP contribution in [0.25, 0.3) is 0 Å². The third-order valence-electron chi connectivity index (χ3n) is 3.22. The fourth-order valence-electron chi connectivity index (χ4n) is 1.97. The maximum absolute atomic E-state index is 12.0. The van der Waals surface area contributed by atoms with E-state index in [1.165, 1.54) is 11.3 Å². The van der Waals surface area contributed by atoms with Crippen LogP contribution in [-0.2, 0) is 4.74 Å². The second-order valence-corrected chi connectivity index (χ2v) is 5.96. The molecule has 2 rings (SSSR count). The number of rotatable bonds is 9. The van der Waals surface area contributed by atoms with E-state index < -0.39 is 0 Å². The number of nitrogens with one attached hydrogen (secondary N) is 3. The van der Waals surface area contributed by atoms with Crippen molar-refractivity contribution in [3.63, 3.8) is 0 Å². The molecule has 0 saturated heterocycles. The molecule has 136 valence electrons. The predicted molar refractivity (Wildman–Crippen MR) is 103 cm³/mol. The highest BCUT2D eigenvalue weighted by Crippen LogP contribution is 2.14. The summed E-state index contributed by atoms with van der Waals surface area (Å²) in [7, 11) is 1.65. The van der Waals surface area contributed by atoms with Crippen LogP contribution in [0.15, 0.2) is 41.8 Å². The molecule has 25 heavy (non-hydrogen) atoms. The van der Waals surface area contributed by atoms with Crippen molar-refractivity contribution in [2.24, 2.45) is 0 Å². The molecule has 0 aliphatic carbocycles. The van der Waals surface area contributed by atoms with Gasteiger partial charge >= 0.3 is 0 Å². The SMILES string of the molecule is COCCNCCNC(=O)c1ccc(NC(=O)c2cccs2)cc1.Cl. The van der Waals surface area contributed by atoms with E-state index in [1.807, 2.05) is 11.4 Å². The second-order valence-electron chi connectivity index (χ2n) is 5.01. The molecule has 1 aromatic carbocycles. The van der Waals surface area contributed by atoms with E-state index in [2.05, 4.69) is 16.0 Å². The Kier molecular flexibility index (Phi) is 9.79. The molecule has 1 aromatic heterocycles. The minimum atomic E-state index is -0.149. The molecule has 6 nitrogen and oxygen atoms in total. The fraction of sp³-hybridized carbons (Fsp3) is 0.294. The van der Waals surface area contributed by atoms with Gasteiger partial charge < -0.3 is 20.7 Å². The van der Waals surface area contributed by atoms with Gasteiger partial charge in [0.25, 0.3) is 11.8 Å². The molecule has 2 amide bonds. The lowest BCUT2D eigenvalue weighted by molar-refractivity contribution is 0.0953. The normalized spacial score (nSPS) is 9.96. The molecule has 8 heteroatoms. The Morgan fingerprint density at radius 1 is 1.04 bits per heavy atom. The first-order chi connectivity index (χ1) is 11.7. The topological polar surface area (TPSA) is 79.5 Å². The number of hydrogen-bond acceptors (Lipinski definition) is 5. The summed E-state index contributed by atoms with van der Waals surface area (Å²) in [4.78, 5) is 24.6. The van der Waals surface area contributed by atoms with Crippen LogP contribution >= 0.6 is 23.7 Å². The van der Waals surface area contributed by atoms with Crippen LogP contribution in [0.2, 0.25) is 0 Å². The van der Waals surface area contributed by atoms with Crippen LogP contribution in [0.4, 0.5) is 5.69 Å². The lowest BCUT2D eigenvalue weighted by atomic mass is 10.2. The van der Waals surface area contributed by atoms with Crippen LogP contribution in [0.5, 0.6) is 0 Å². The van der Waals surface area contributed by atoms with E-state index in [0.717, 1.165) is 6.54 Å². The molecule has 0 atom stereocenters. The van der Waals surface area contributed by atoms with E-state index >= 15 is 0 Å². The predicted octanol–water partition coefficient (Wildman–Crippen LogP) is 2.39. The van der Waals surface area contributed by atoms with Gasteiger partial charge in [-0.1, -0.05) is 6.07 Å². The van der Waals surface area contributed by atoms with Crippen molar-refractivity contribution in [1.29, 1.82) is 0 Å². The average molecular weight is 384 g/mol. The van der Waals surface area contributed by atoms with Gasteiger partial charge in [-0.15, -0.1) is 23.7 Å². The molecule has 0 radical (unpaired) electrons. The van der Waals surface area contributed by atoms with Crippen LogP contribution in [0, 0.1) is 0 Å². The van der Waals surface area contributed by atoms with E-state index in [4.69, 9.17) is 4.74 Å². The molecule has 0 fully saturated rings. The van der Waals surface area contributed by atoms with Crippen LogP contribution < -0.4 is 16.0 Å². The molecule has 0 unspecified atom stereocenters. The van der Waals surface area contributed by atoms with Gasteiger partial charge in [-0.2, -0.15) is 0 Å². The summed E-state index contributed by atoms with van der Waals surface area (Å²) < 4.78 is 4.92. The zero-order valence-electron chi connectivity index (χ0n) is 13.9. The minimum Gasteiger partial charge on any atom is -0.383 e. The maximum Gasteiger partial charge on any atom is 0.265 e. The fourth-order valence-corrected chi connectivity index (χ4v) is 2.59. The molecule has 0 bridgehead atoms. The zero-order chi connectivity index (χ0) is 17.2. The second kappa shape index (κ2) is 11.6. The van der Waals surface area contributed by atoms with Gasteiger partial charge in [0, 0.05) is 38.0 Å². The number of halogens is 1. The Labute approximate surface area is 157 Å². The Bertz CT molecular complexity index is 648. The first kappa shape index (κ1) is 21.1. The largest absolute Gasteiger partial charge is 0.383 e. The summed E-state index contributed by atoms with van der Waals surface area (Å²) in [5.41, 5.74) is 1.21. The number of hydrogen-bond donors (Lipinski definition) is 3. The van der Waals surface area contributed by atoms with Crippen molar-refractivity contribution < 1.29 is 14.3 Å². The number of benzene rings is 1. The molecule has 3 N–H and O–H groups in total. The summed E-state index contributed by atoms with van der Waals surface area (Å²) in [6.45, 7) is 2.63. The molecule has 0 spiro atoms. The Hall–Kier alpha value is -1.93. The summed E-state index contributed by atoms with van der Waals surface area (Å²) in [5.74, 6) is -0.288. The highest BCUT2D eigenvalue weighted by molar-refractivity contribution is 7.12. The van der Waals surface area contributed by atoms with Crippen molar-refractivity contribution in [2.75, 3.05) is 38.7 Å². The van der Waals surface area contributed by atoms with Crippen molar-refractivity contribution in [3.05, 3.63) is 52.2 Å². The lowest BCUT2D eigenvalue weighted by Gasteiger charge is -2.08. The summed E-state index contributed by atoms with van der Waals surface area (Å²) in [6, 6.07) is 10.4. The first-order valence-corrected chi connectivity index (χ1v) is 8.51. The maximum atomic E-state index is 12.0. The quantitative estimate of drug-likeness (QED) is 0.581. The lowest BCUT2D eigenvalue weighted by Crippen LogP contribution is -2.33. The number of anilines is 1. The molecule has 2 aromatic rings. The van der Waals surface area contributed by atoms with Gasteiger partial charge in [0.05, 0.1) is 11.5 Å². The Morgan fingerprint density at radius 2 is 1.80 bits per heavy atom. The third-order valence-corrected chi connectivity index (χ3v) is 4.09. The van der Waals surface area contributed by atoms with Crippen LogP contribution in [-0.4, -0.2) is 45.2 Å². The van der Waals surface area contributed by atoms with Gasteiger partial charge in [-0.05, 0) is 35.7 Å². The molecule has 0 aliphatic rings. The van der Waals surface area contributed by atoms with Crippen molar-refractivity contribution in [1.82, 2.24) is 10.6 Å². The molecule has 0 saturated carbocycles. The molecule has 0 aliphatic heterocycles. The van der Waals surface area contributed by atoms with E-state index in [1.54, 1.807) is 37.4 Å². The van der Waals surface area contributed by atoms with Gasteiger partial charge in [-0.25, -0.2) is 0 Å². The standard InChI is InChI=1S/C17H21N3O3S.ClH/c1-23-11-10-18-8-9-19-16(21)13-4-6-14(7-5-13)20-17(22)15-3-2-12-24-15;/h2-7,12,18H,8-11H2,1H3,(H,19,21)(H,20,22);1H. The highest BCUT2D eigenvalue weighted by Gasteiger charge is 2.08. The number of amides is 2. The third kappa shape index (κ3) is 7.23. The number of methoxy groups -OCH3 is 1. The zero-order valence-corrected chi connectivity index (χ0v) is 15.5. The number of carbonyl (C=O) groups is 2. The van der Waals surface area contributed by atoms with E-state index in [9.17, 15) is 9.59 Å². The van der Waals surface area contributed by atoms with Crippen molar-refractivity contribution >= 4 is 41.2 Å². The monoisotopic (exact) mass is 383 g/mol. The van der Waals surface area contributed by atoms with Crippen molar-refractivity contribution in [2.45, 2.75) is 0 Å². The summed E-state index contributed by atoms with van der Waals surface area (Å²) >= 11 is 1.38. The summed E-state index contributed by atoms with van der Waals surface area (Å²) in [6.07, 6.45) is 0.